The van der Waals surface area contributed by atoms with Crippen LogP contribution in [0.25, 0.3) is 0 Å². The minimum atomic E-state index is -3.58. The molecule has 0 aliphatic carbocycles. The lowest BCUT2D eigenvalue weighted by Crippen LogP contribution is -2.38. The fraction of sp³-hybridized carbons (Fsp3) is 0.316. The highest BCUT2D eigenvalue weighted by Gasteiger charge is 2.43. The van der Waals surface area contributed by atoms with Gasteiger partial charge in [0.1, 0.15) is 9.84 Å². The normalized spacial score (nSPS) is 14.7. The highest BCUT2D eigenvalue weighted by atomic mass is 32.2. The molecule has 1 aromatic heterocycles. The molecule has 1 atom stereocenters. The van der Waals surface area contributed by atoms with Crippen molar-refractivity contribution in [3.63, 3.8) is 0 Å². The van der Waals surface area contributed by atoms with Gasteiger partial charge in [-0.05, 0) is 31.2 Å². The van der Waals surface area contributed by atoms with Gasteiger partial charge in [0, 0.05) is 11.9 Å². The number of methoxy groups -OCH3 is 1. The van der Waals surface area contributed by atoms with Crippen molar-refractivity contribution in [3.8, 4) is 11.6 Å². The summed E-state index contributed by atoms with van der Waals surface area (Å²) >= 11 is 0. The summed E-state index contributed by atoms with van der Waals surface area (Å²) < 4.78 is 34.9. The van der Waals surface area contributed by atoms with Crippen molar-refractivity contribution in [2.75, 3.05) is 31.5 Å². The van der Waals surface area contributed by atoms with E-state index in [0.717, 1.165) is 11.2 Å². The van der Waals surface area contributed by atoms with E-state index in [0.29, 0.717) is 12.4 Å². The smallest absolute Gasteiger partial charge is 0.264 e. The van der Waals surface area contributed by atoms with Crippen molar-refractivity contribution >= 4 is 27.3 Å². The SMILES string of the molecule is CCOc1nc(C(CS(C)(=O)=O)N2C(=O)c3cccc(N)c3C2=O)ccc1OC. The highest BCUT2D eigenvalue weighted by Crippen LogP contribution is 2.36. The fourth-order valence-electron chi connectivity index (χ4n) is 3.21. The van der Waals surface area contributed by atoms with E-state index in [9.17, 15) is 18.0 Å². The molecule has 2 aromatic rings. The average molecular weight is 419 g/mol. The third-order valence-corrected chi connectivity index (χ3v) is 5.36. The molecule has 9 nitrogen and oxygen atoms in total. The molecule has 2 N–H and O–H groups in total. The molecule has 3 rings (SSSR count). The Morgan fingerprint density at radius 3 is 2.48 bits per heavy atom. The van der Waals surface area contributed by atoms with Crippen LogP contribution in [0.3, 0.4) is 0 Å². The molecular weight excluding hydrogens is 398 g/mol. The van der Waals surface area contributed by atoms with Crippen LogP contribution >= 0.6 is 0 Å². The average Bonchev–Trinajstić information content (AvgIpc) is 2.91. The Kier molecular flexibility index (Phi) is 5.47. The van der Waals surface area contributed by atoms with Crippen LogP contribution < -0.4 is 15.2 Å². The van der Waals surface area contributed by atoms with Crippen LogP contribution in [0.5, 0.6) is 11.6 Å². The summed E-state index contributed by atoms with van der Waals surface area (Å²) in [5, 5.41) is 0. The monoisotopic (exact) mass is 419 g/mol. The first-order valence-corrected chi connectivity index (χ1v) is 10.9. The topological polar surface area (TPSA) is 129 Å². The molecular formula is C19H21N3O6S. The number of sulfone groups is 1. The number of carbonyl (C=O) groups excluding carboxylic acids is 2. The molecule has 1 unspecified atom stereocenters. The third-order valence-electron chi connectivity index (χ3n) is 4.44. The van der Waals surface area contributed by atoms with E-state index >= 15 is 0 Å². The van der Waals surface area contributed by atoms with Crippen LogP contribution in [0.4, 0.5) is 5.69 Å². The van der Waals surface area contributed by atoms with Crippen LogP contribution in [-0.2, 0) is 9.84 Å². The van der Waals surface area contributed by atoms with E-state index in [1.807, 2.05) is 0 Å². The standard InChI is InChI=1S/C19H21N3O6S/c1-4-28-17-15(27-2)9-8-13(21-17)14(10-29(3,25)26)22-18(23)11-6-5-7-12(20)16(11)19(22)24/h5-9,14H,4,10,20H2,1-3H3. The lowest BCUT2D eigenvalue weighted by Gasteiger charge is -2.25. The number of pyridine rings is 1. The Balaban J connectivity index is 2.13. The van der Waals surface area contributed by atoms with Gasteiger partial charge in [-0.3, -0.25) is 14.5 Å². The van der Waals surface area contributed by atoms with E-state index in [4.69, 9.17) is 15.2 Å². The lowest BCUT2D eigenvalue weighted by atomic mass is 10.1. The maximum Gasteiger partial charge on any atom is 0.264 e. The second-order valence-corrected chi connectivity index (χ2v) is 8.72. The minimum absolute atomic E-state index is 0.0644. The van der Waals surface area contributed by atoms with Crippen molar-refractivity contribution < 1.29 is 27.5 Å². The predicted octanol–water partition coefficient (Wildman–Crippen LogP) is 1.45. The Morgan fingerprint density at radius 1 is 1.17 bits per heavy atom. The molecule has 1 aromatic carbocycles. The van der Waals surface area contributed by atoms with Crippen LogP contribution in [0, 0.1) is 0 Å². The Bertz CT molecular complexity index is 1080. The number of rotatable bonds is 7. The highest BCUT2D eigenvalue weighted by molar-refractivity contribution is 7.90. The van der Waals surface area contributed by atoms with Gasteiger partial charge in [0.05, 0.1) is 42.3 Å². The number of aromatic nitrogens is 1. The van der Waals surface area contributed by atoms with Gasteiger partial charge in [0.25, 0.3) is 17.7 Å². The molecule has 29 heavy (non-hydrogen) atoms. The van der Waals surface area contributed by atoms with E-state index < -0.39 is 33.4 Å². The second kappa shape index (κ2) is 7.70. The maximum absolute atomic E-state index is 13.0. The second-order valence-electron chi connectivity index (χ2n) is 6.53. The molecule has 1 aliphatic heterocycles. The number of nitrogens with two attached hydrogens (primary N) is 1. The molecule has 0 fully saturated rings. The molecule has 2 heterocycles. The zero-order chi connectivity index (χ0) is 21.3. The lowest BCUT2D eigenvalue weighted by molar-refractivity contribution is 0.0594. The van der Waals surface area contributed by atoms with E-state index in [-0.39, 0.29) is 28.4 Å². The summed E-state index contributed by atoms with van der Waals surface area (Å²) in [6.07, 6.45) is 1.03. The Labute approximate surface area is 168 Å². The first-order chi connectivity index (χ1) is 13.7. The van der Waals surface area contributed by atoms with E-state index in [1.54, 1.807) is 19.1 Å². The number of nitrogen functional groups attached to an aromatic ring is 1. The van der Waals surface area contributed by atoms with Crippen LogP contribution in [0.2, 0.25) is 0 Å². The summed E-state index contributed by atoms with van der Waals surface area (Å²) in [7, 11) is -2.14. The number of anilines is 1. The van der Waals surface area contributed by atoms with Crippen LogP contribution in [0.1, 0.15) is 39.4 Å². The summed E-state index contributed by atoms with van der Waals surface area (Å²) in [6, 6.07) is 6.46. The van der Waals surface area contributed by atoms with Gasteiger partial charge in [-0.1, -0.05) is 6.07 Å². The van der Waals surface area contributed by atoms with E-state index in [1.165, 1.54) is 25.3 Å². The van der Waals surface area contributed by atoms with E-state index in [2.05, 4.69) is 4.98 Å². The number of hydrogen-bond acceptors (Lipinski definition) is 8. The van der Waals surface area contributed by atoms with Gasteiger partial charge >= 0.3 is 0 Å². The Morgan fingerprint density at radius 2 is 1.90 bits per heavy atom. The van der Waals surface area contributed by atoms with Crippen LogP contribution in [-0.4, -0.2) is 55.8 Å². The first-order valence-electron chi connectivity index (χ1n) is 8.79. The summed E-state index contributed by atoms with van der Waals surface area (Å²) in [6.45, 7) is 2.06. The van der Waals surface area contributed by atoms with Crippen LogP contribution in [0.15, 0.2) is 30.3 Å². The third kappa shape index (κ3) is 3.88. The van der Waals surface area contributed by atoms with Gasteiger partial charge < -0.3 is 15.2 Å². The van der Waals surface area contributed by atoms with Crippen molar-refractivity contribution in [2.45, 2.75) is 13.0 Å². The zero-order valence-corrected chi connectivity index (χ0v) is 17.0. The molecule has 0 spiro atoms. The molecule has 10 heteroatoms. The molecule has 0 saturated carbocycles. The largest absolute Gasteiger partial charge is 0.491 e. The number of hydrogen-bond donors (Lipinski definition) is 1. The number of nitrogens with zero attached hydrogens (tertiary/aromatic N) is 2. The van der Waals surface area contributed by atoms with Gasteiger partial charge in [-0.25, -0.2) is 13.4 Å². The quantitative estimate of drug-likeness (QED) is 0.527. The molecule has 2 amide bonds. The number of carbonyl (C=O) groups is 2. The first kappa shape index (κ1) is 20.6. The molecule has 1 aliphatic rings. The van der Waals surface area contributed by atoms with Gasteiger partial charge in [0.15, 0.2) is 5.75 Å². The number of fused-ring (bicyclic) bond motifs is 1. The molecule has 0 radical (unpaired) electrons. The molecule has 0 saturated heterocycles. The minimum Gasteiger partial charge on any atom is -0.491 e. The number of amides is 2. The zero-order valence-electron chi connectivity index (χ0n) is 16.2. The van der Waals surface area contributed by atoms with Crippen molar-refractivity contribution in [1.82, 2.24) is 9.88 Å². The molecule has 0 bridgehead atoms. The fourth-order valence-corrected chi connectivity index (χ4v) is 4.11. The number of imide groups is 1. The predicted molar refractivity (Wildman–Crippen MR) is 106 cm³/mol. The number of benzene rings is 1. The summed E-state index contributed by atoms with van der Waals surface area (Å²) in [4.78, 5) is 31.2. The number of ether oxygens (including phenoxy) is 2. The molecule has 154 valence electrons. The summed E-state index contributed by atoms with van der Waals surface area (Å²) in [5.41, 5.74) is 6.42. The van der Waals surface area contributed by atoms with Crippen molar-refractivity contribution in [1.29, 1.82) is 0 Å². The Hall–Kier alpha value is -3.14. The van der Waals surface area contributed by atoms with Crippen molar-refractivity contribution in [2.24, 2.45) is 0 Å². The maximum atomic E-state index is 13.0. The van der Waals surface area contributed by atoms with Crippen molar-refractivity contribution in [3.05, 3.63) is 47.2 Å². The van der Waals surface area contributed by atoms with Gasteiger partial charge in [-0.2, -0.15) is 0 Å². The van der Waals surface area contributed by atoms with Gasteiger partial charge in [0.2, 0.25) is 0 Å². The van der Waals surface area contributed by atoms with Gasteiger partial charge in [-0.15, -0.1) is 0 Å². The summed E-state index contributed by atoms with van der Waals surface area (Å²) in [5.74, 6) is -1.29.